The van der Waals surface area contributed by atoms with E-state index in [4.69, 9.17) is 5.73 Å². The van der Waals surface area contributed by atoms with Crippen molar-refractivity contribution in [2.45, 2.75) is 57.0 Å². The van der Waals surface area contributed by atoms with Gasteiger partial charge >= 0.3 is 0 Å². The van der Waals surface area contributed by atoms with E-state index in [0.29, 0.717) is 5.54 Å². The van der Waals surface area contributed by atoms with Gasteiger partial charge in [-0.15, -0.1) is 0 Å². The average Bonchev–Trinajstić information content (AvgIpc) is 2.39. The van der Waals surface area contributed by atoms with Gasteiger partial charge in [0.15, 0.2) is 0 Å². The predicted molar refractivity (Wildman–Crippen MR) is 73.0 cm³/mol. The molecule has 2 aliphatic heterocycles. The molecule has 1 unspecified atom stereocenters. The molecule has 2 aliphatic rings. The van der Waals surface area contributed by atoms with E-state index in [1.54, 1.807) is 0 Å². The standard InChI is InChI=1S/C13H26N2S/c1-2-12-5-3-4-8-15(12)13(11-14)6-9-16-10-7-13/h12H,2-11,14H2,1H3. The summed E-state index contributed by atoms with van der Waals surface area (Å²) in [7, 11) is 0. The third-order valence-corrected chi connectivity index (χ3v) is 5.50. The lowest BCUT2D eigenvalue weighted by Gasteiger charge is -2.51. The molecule has 2 heterocycles. The second kappa shape index (κ2) is 5.74. The molecule has 0 aromatic rings. The lowest BCUT2D eigenvalue weighted by atomic mass is 9.85. The minimum absolute atomic E-state index is 0.354. The van der Waals surface area contributed by atoms with E-state index in [-0.39, 0.29) is 0 Å². The highest BCUT2D eigenvalue weighted by atomic mass is 32.2. The number of thioether (sulfide) groups is 1. The monoisotopic (exact) mass is 242 g/mol. The van der Waals surface area contributed by atoms with E-state index in [2.05, 4.69) is 23.6 Å². The van der Waals surface area contributed by atoms with Crippen LogP contribution in [-0.4, -0.2) is 41.1 Å². The number of rotatable bonds is 3. The Morgan fingerprint density at radius 2 is 2.06 bits per heavy atom. The molecule has 0 aromatic heterocycles. The van der Waals surface area contributed by atoms with Crippen LogP contribution in [0.1, 0.15) is 45.4 Å². The van der Waals surface area contributed by atoms with Crippen molar-refractivity contribution < 1.29 is 0 Å². The molecule has 2 rings (SSSR count). The van der Waals surface area contributed by atoms with Crippen molar-refractivity contribution in [1.82, 2.24) is 4.90 Å². The lowest BCUT2D eigenvalue weighted by molar-refractivity contribution is 0.0141. The van der Waals surface area contributed by atoms with E-state index in [9.17, 15) is 0 Å². The van der Waals surface area contributed by atoms with Crippen molar-refractivity contribution in [1.29, 1.82) is 0 Å². The Hall–Kier alpha value is 0.270. The number of hydrogen-bond donors (Lipinski definition) is 1. The van der Waals surface area contributed by atoms with Gasteiger partial charge in [0, 0.05) is 18.1 Å². The molecule has 0 radical (unpaired) electrons. The first kappa shape index (κ1) is 12.7. The third kappa shape index (κ3) is 2.41. The molecule has 2 fully saturated rings. The van der Waals surface area contributed by atoms with Crippen molar-refractivity contribution in [2.24, 2.45) is 5.73 Å². The fraction of sp³-hybridized carbons (Fsp3) is 1.00. The third-order valence-electron chi connectivity index (χ3n) is 4.51. The highest BCUT2D eigenvalue weighted by molar-refractivity contribution is 7.99. The predicted octanol–water partition coefficient (Wildman–Crippen LogP) is 2.48. The van der Waals surface area contributed by atoms with E-state index >= 15 is 0 Å². The summed E-state index contributed by atoms with van der Waals surface area (Å²) in [5, 5.41) is 0. The summed E-state index contributed by atoms with van der Waals surface area (Å²) in [6, 6.07) is 0.806. The summed E-state index contributed by atoms with van der Waals surface area (Å²) >= 11 is 2.10. The highest BCUT2D eigenvalue weighted by Gasteiger charge is 2.40. The Bertz CT molecular complexity index is 214. The highest BCUT2D eigenvalue weighted by Crippen LogP contribution is 2.36. The molecule has 3 heteroatoms. The molecule has 0 spiro atoms. The van der Waals surface area contributed by atoms with E-state index in [1.165, 1.54) is 56.6 Å². The summed E-state index contributed by atoms with van der Waals surface area (Å²) < 4.78 is 0. The zero-order valence-corrected chi connectivity index (χ0v) is 11.4. The van der Waals surface area contributed by atoms with Crippen LogP contribution in [0.4, 0.5) is 0 Å². The SMILES string of the molecule is CCC1CCCCN1C1(CN)CCSCC1. The van der Waals surface area contributed by atoms with Gasteiger partial charge in [0.1, 0.15) is 0 Å². The number of piperidine rings is 1. The summed E-state index contributed by atoms with van der Waals surface area (Å²) in [6.45, 7) is 4.50. The van der Waals surface area contributed by atoms with Gasteiger partial charge in [0.2, 0.25) is 0 Å². The fourth-order valence-corrected chi connectivity index (χ4v) is 4.66. The fourth-order valence-electron chi connectivity index (χ4n) is 3.41. The average molecular weight is 242 g/mol. The molecule has 0 aromatic carbocycles. The summed E-state index contributed by atoms with van der Waals surface area (Å²) in [5.41, 5.74) is 6.49. The van der Waals surface area contributed by atoms with Crippen molar-refractivity contribution in [3.63, 3.8) is 0 Å². The molecule has 2 nitrogen and oxygen atoms in total. The largest absolute Gasteiger partial charge is 0.329 e. The van der Waals surface area contributed by atoms with Gasteiger partial charge in [0.25, 0.3) is 0 Å². The Morgan fingerprint density at radius 3 is 2.69 bits per heavy atom. The first-order chi connectivity index (χ1) is 7.82. The molecule has 2 saturated heterocycles. The second-order valence-corrected chi connectivity index (χ2v) is 6.52. The zero-order valence-electron chi connectivity index (χ0n) is 10.6. The molecule has 0 aliphatic carbocycles. The van der Waals surface area contributed by atoms with Crippen LogP contribution in [-0.2, 0) is 0 Å². The van der Waals surface area contributed by atoms with Gasteiger partial charge in [-0.3, -0.25) is 4.90 Å². The molecule has 1 atom stereocenters. The second-order valence-electron chi connectivity index (χ2n) is 5.29. The van der Waals surface area contributed by atoms with Crippen molar-refractivity contribution in [3.05, 3.63) is 0 Å². The van der Waals surface area contributed by atoms with Gasteiger partial charge in [-0.2, -0.15) is 11.8 Å². The van der Waals surface area contributed by atoms with Crippen LogP contribution in [0.2, 0.25) is 0 Å². The number of likely N-dealkylation sites (tertiary alicyclic amines) is 1. The lowest BCUT2D eigenvalue weighted by Crippen LogP contribution is -2.60. The van der Waals surface area contributed by atoms with Crippen molar-refractivity contribution >= 4 is 11.8 Å². The molecular weight excluding hydrogens is 216 g/mol. The number of nitrogens with zero attached hydrogens (tertiary/aromatic N) is 1. The van der Waals surface area contributed by atoms with Gasteiger partial charge in [0.05, 0.1) is 0 Å². The number of hydrogen-bond acceptors (Lipinski definition) is 3. The van der Waals surface area contributed by atoms with Crippen molar-refractivity contribution in [3.8, 4) is 0 Å². The first-order valence-electron chi connectivity index (χ1n) is 6.87. The van der Waals surface area contributed by atoms with Crippen LogP contribution in [0.15, 0.2) is 0 Å². The van der Waals surface area contributed by atoms with E-state index in [0.717, 1.165) is 12.6 Å². The zero-order chi connectivity index (χ0) is 11.4. The normalized spacial score (nSPS) is 31.5. The van der Waals surface area contributed by atoms with E-state index in [1.807, 2.05) is 0 Å². The molecular formula is C13H26N2S. The van der Waals surface area contributed by atoms with Crippen LogP contribution in [0, 0.1) is 0 Å². The maximum Gasteiger partial charge on any atom is 0.0350 e. The maximum atomic E-state index is 6.14. The first-order valence-corrected chi connectivity index (χ1v) is 8.02. The van der Waals surface area contributed by atoms with Crippen LogP contribution < -0.4 is 5.73 Å². The van der Waals surface area contributed by atoms with Gasteiger partial charge in [-0.05, 0) is 50.2 Å². The summed E-state index contributed by atoms with van der Waals surface area (Å²) in [4.78, 5) is 2.79. The topological polar surface area (TPSA) is 29.3 Å². The maximum absolute atomic E-state index is 6.14. The van der Waals surface area contributed by atoms with E-state index < -0.39 is 0 Å². The van der Waals surface area contributed by atoms with Gasteiger partial charge in [-0.1, -0.05) is 13.3 Å². The van der Waals surface area contributed by atoms with Crippen molar-refractivity contribution in [2.75, 3.05) is 24.6 Å². The smallest absolute Gasteiger partial charge is 0.0350 e. The molecule has 16 heavy (non-hydrogen) atoms. The Morgan fingerprint density at radius 1 is 1.31 bits per heavy atom. The summed E-state index contributed by atoms with van der Waals surface area (Å²) in [5.74, 6) is 2.62. The molecule has 94 valence electrons. The van der Waals surface area contributed by atoms with Crippen LogP contribution in [0.3, 0.4) is 0 Å². The number of nitrogens with two attached hydrogens (primary N) is 1. The summed E-state index contributed by atoms with van der Waals surface area (Å²) in [6.07, 6.45) is 8.12. The molecule has 0 amide bonds. The van der Waals surface area contributed by atoms with Gasteiger partial charge in [-0.25, -0.2) is 0 Å². The quantitative estimate of drug-likeness (QED) is 0.824. The molecule has 2 N–H and O–H groups in total. The molecule has 0 bridgehead atoms. The Balaban J connectivity index is 2.10. The minimum atomic E-state index is 0.354. The molecule has 0 saturated carbocycles. The van der Waals surface area contributed by atoms with Crippen LogP contribution in [0.25, 0.3) is 0 Å². The van der Waals surface area contributed by atoms with Gasteiger partial charge < -0.3 is 5.73 Å². The Kier molecular flexibility index (Phi) is 4.57. The van der Waals surface area contributed by atoms with Crippen LogP contribution in [0.5, 0.6) is 0 Å². The Labute approximate surface area is 104 Å². The van der Waals surface area contributed by atoms with Crippen LogP contribution >= 0.6 is 11.8 Å². The minimum Gasteiger partial charge on any atom is -0.329 e.